The van der Waals surface area contributed by atoms with Crippen molar-refractivity contribution in [2.75, 3.05) is 0 Å². The second kappa shape index (κ2) is 20.8. The fourth-order valence-electron chi connectivity index (χ4n) is 0. The Morgan fingerprint density at radius 2 is 1.00 bits per heavy atom. The van der Waals surface area contributed by atoms with Crippen LogP contribution < -0.4 is 24.8 Å². The van der Waals surface area contributed by atoms with E-state index in [0.717, 1.165) is 0 Å². The molecule has 0 aromatic rings. The summed E-state index contributed by atoms with van der Waals surface area (Å²) in [6, 6.07) is 0. The van der Waals surface area contributed by atoms with Gasteiger partial charge >= 0.3 is 40.4 Å². The van der Waals surface area contributed by atoms with Crippen molar-refractivity contribution in [3.63, 3.8) is 0 Å². The van der Waals surface area contributed by atoms with Gasteiger partial charge < -0.3 is 24.8 Å². The van der Waals surface area contributed by atoms with E-state index in [4.69, 9.17) is 1.49 Å². The summed E-state index contributed by atoms with van der Waals surface area (Å²) >= 11 is 0.583. The van der Waals surface area contributed by atoms with Crippen molar-refractivity contribution in [3.8, 4) is 0 Å². The van der Waals surface area contributed by atoms with E-state index < -0.39 is 0 Å². The third-order valence-corrected chi connectivity index (χ3v) is 0. The van der Waals surface area contributed by atoms with Gasteiger partial charge in [-0.1, -0.05) is 0 Å². The zero-order valence-electron chi connectivity index (χ0n) is 1.61. The maximum absolute atomic E-state index is 7.08. The van der Waals surface area contributed by atoms with E-state index in [9.17, 15) is 0 Å². The third-order valence-electron chi connectivity index (χ3n) is 0. The van der Waals surface area contributed by atoms with Gasteiger partial charge in [-0.25, -0.2) is 0 Å². The zero-order chi connectivity index (χ0) is 2.00. The van der Waals surface area contributed by atoms with Crippen LogP contribution in [0.15, 0.2) is 0 Å². The molecule has 1 nitrogen and oxygen atoms in total. The van der Waals surface area contributed by atoms with Gasteiger partial charge in [0, 0.05) is 0 Å². The molecule has 0 saturated heterocycles. The third kappa shape index (κ3) is 9.11. The van der Waals surface area contributed by atoms with E-state index in [1.165, 1.54) is 0 Å². The number of hydrogen-bond donors (Lipinski definition) is 1. The van der Waals surface area contributed by atoms with E-state index in [1.54, 1.807) is 0 Å². The number of rotatable bonds is 0. The van der Waals surface area contributed by atoms with Crippen molar-refractivity contribution in [1.82, 2.24) is 0 Å². The van der Waals surface area contributed by atoms with E-state index in [1.807, 2.05) is 0 Å². The molecule has 0 heterocycles. The Morgan fingerprint density at radius 1 is 1.00 bits per heavy atom. The van der Waals surface area contributed by atoms with E-state index >= 15 is 0 Å². The van der Waals surface area contributed by atoms with Gasteiger partial charge in [0.25, 0.3) is 0 Å². The minimum atomic E-state index is 0. The molecule has 1 N–H and O–H groups in total. The molecular formula is HCl2OSm. The van der Waals surface area contributed by atoms with Crippen LogP contribution in [0.2, 0.25) is 0 Å². The fraction of sp³-hybridized carbons (Fsp3) is 0. The van der Waals surface area contributed by atoms with Crippen LogP contribution in [0.5, 0.6) is 0 Å². The Balaban J connectivity index is -0.00000000500. The zero-order valence-corrected chi connectivity index (χ0v) is 5.74. The van der Waals surface area contributed by atoms with Crippen molar-refractivity contribution in [2.45, 2.75) is 0 Å². The molecule has 0 aliphatic rings. The Morgan fingerprint density at radius 3 is 1.00 bits per heavy atom. The molecule has 0 amide bonds. The Bertz CT molecular complexity index is 6.00. The summed E-state index contributed by atoms with van der Waals surface area (Å²) in [7, 11) is 0. The fourth-order valence-corrected chi connectivity index (χ4v) is 0. The second-order valence-electron chi connectivity index (χ2n) is 0. The predicted molar refractivity (Wildman–Crippen MR) is 2.22 cm³/mol. The predicted octanol–water partition coefficient (Wildman–Crippen LogP) is -6.55. The molecule has 0 aliphatic carbocycles. The van der Waals surface area contributed by atoms with Crippen molar-refractivity contribution in [3.05, 3.63) is 0 Å². The van der Waals surface area contributed by atoms with E-state index in [-0.39, 0.29) is 24.8 Å². The SMILES string of the molecule is [Cl-].[Cl-].[OH][Sm+2]. The molecule has 0 saturated carbocycles. The first kappa shape index (κ1) is 16.9. The van der Waals surface area contributed by atoms with Gasteiger partial charge in [0.2, 0.25) is 0 Å². The van der Waals surface area contributed by atoms with Crippen molar-refractivity contribution in [2.24, 2.45) is 0 Å². The molecule has 0 unspecified atom stereocenters. The standard InChI is InChI=1S/2ClH.H2O.Sm/h2*1H;1H2;/q;;;+3/p-3. The molecule has 0 spiro atoms. The van der Waals surface area contributed by atoms with Gasteiger partial charge in [0.05, 0.1) is 0 Å². The van der Waals surface area contributed by atoms with Gasteiger partial charge in [-0.3, -0.25) is 0 Å². The van der Waals surface area contributed by atoms with Gasteiger partial charge in [0.1, 0.15) is 0 Å². The minimum absolute atomic E-state index is 0. The summed E-state index contributed by atoms with van der Waals surface area (Å²) in [4.78, 5) is 0. The monoisotopic (exact) mass is 239 g/mol. The molecule has 27 valence electrons. The van der Waals surface area contributed by atoms with Crippen LogP contribution in [0.4, 0.5) is 0 Å². The van der Waals surface area contributed by atoms with Crippen LogP contribution in [-0.2, 0) is 0 Å². The van der Waals surface area contributed by atoms with Crippen LogP contribution in [0.3, 0.4) is 0 Å². The van der Waals surface area contributed by atoms with Crippen LogP contribution in [-0.4, -0.2) is 1.49 Å². The van der Waals surface area contributed by atoms with Crippen LogP contribution in [0.1, 0.15) is 0 Å². The molecule has 0 atom stereocenters. The topological polar surface area (TPSA) is 20.2 Å². The molecule has 0 bridgehead atoms. The Hall–Kier alpha value is 1.88. The van der Waals surface area contributed by atoms with Gasteiger partial charge in [-0.05, 0) is 0 Å². The van der Waals surface area contributed by atoms with Gasteiger partial charge in [0.15, 0.2) is 0 Å². The van der Waals surface area contributed by atoms with Crippen molar-refractivity contribution < 1.29 is 65.2 Å². The van der Waals surface area contributed by atoms with Gasteiger partial charge in [-0.2, -0.15) is 0 Å². The molecule has 0 aromatic carbocycles. The van der Waals surface area contributed by atoms with Crippen molar-refractivity contribution >= 4 is 0 Å². The Kier molecular flexibility index (Phi) is 87.8. The first-order chi connectivity index (χ1) is 1.00. The number of hydrogen-bond acceptors (Lipinski definition) is 1. The molecule has 0 fully saturated rings. The van der Waals surface area contributed by atoms with Crippen LogP contribution >= 0.6 is 0 Å². The summed E-state index contributed by atoms with van der Waals surface area (Å²) in [5, 5.41) is 0. The number of halogens is 2. The maximum atomic E-state index is 7.08. The molecule has 0 rings (SSSR count). The van der Waals surface area contributed by atoms with Crippen LogP contribution in [0.25, 0.3) is 0 Å². The second-order valence-corrected chi connectivity index (χ2v) is 0. The first-order valence-electron chi connectivity index (χ1n) is 0.183. The molecule has 0 radical (unpaired) electrons. The van der Waals surface area contributed by atoms with E-state index in [2.05, 4.69) is 0 Å². The Labute approximate surface area is 64.3 Å². The first-order valence-corrected chi connectivity index (χ1v) is 1.35. The molecule has 4 heteroatoms. The van der Waals surface area contributed by atoms with Crippen molar-refractivity contribution in [1.29, 1.82) is 0 Å². The van der Waals surface area contributed by atoms with Crippen LogP contribution in [0, 0.1) is 38.9 Å². The molecular weight excluding hydrogens is 237 g/mol. The van der Waals surface area contributed by atoms with Gasteiger partial charge in [-0.15, -0.1) is 0 Å². The summed E-state index contributed by atoms with van der Waals surface area (Å²) in [5.74, 6) is 0. The molecule has 0 aliphatic heterocycles. The molecule has 0 aromatic heterocycles. The van der Waals surface area contributed by atoms with E-state index in [0.29, 0.717) is 38.9 Å². The summed E-state index contributed by atoms with van der Waals surface area (Å²) in [6.07, 6.45) is 0. The summed E-state index contributed by atoms with van der Waals surface area (Å²) in [6.45, 7) is 0. The summed E-state index contributed by atoms with van der Waals surface area (Å²) in [5.41, 5.74) is 0. The molecule has 4 heavy (non-hydrogen) atoms. The normalized spacial score (nSPS) is 1.00. The quantitative estimate of drug-likeness (QED) is 0.445. The summed E-state index contributed by atoms with van der Waals surface area (Å²) < 4.78 is 7.08. The average molecular weight is 238 g/mol. The average Bonchev–Trinajstić information content (AvgIpc) is 1.00.